The van der Waals surface area contributed by atoms with Gasteiger partial charge in [0.05, 0.1) is 26.2 Å². The summed E-state index contributed by atoms with van der Waals surface area (Å²) in [5, 5.41) is 0. The second kappa shape index (κ2) is 8.95. The van der Waals surface area contributed by atoms with E-state index in [1.54, 1.807) is 0 Å². The van der Waals surface area contributed by atoms with Gasteiger partial charge < -0.3 is 9.04 Å². The Labute approximate surface area is 125 Å². The van der Waals surface area contributed by atoms with Crippen LogP contribution in [0.15, 0.2) is 0 Å². The van der Waals surface area contributed by atoms with Gasteiger partial charge in [-0.15, -0.1) is 0 Å². The highest BCUT2D eigenvalue weighted by molar-refractivity contribution is 7.86. The highest BCUT2D eigenvalue weighted by Gasteiger charge is 2.36. The summed E-state index contributed by atoms with van der Waals surface area (Å²) >= 11 is 0. The van der Waals surface area contributed by atoms with Crippen LogP contribution in [0.3, 0.4) is 0 Å². The average Bonchev–Trinajstić information content (AvgIpc) is 2.82. The number of likely N-dealkylation sites (tertiary alicyclic amines) is 1. The van der Waals surface area contributed by atoms with E-state index >= 15 is 0 Å². The molecule has 0 aromatic rings. The van der Waals surface area contributed by atoms with Gasteiger partial charge in [0.15, 0.2) is 10.1 Å². The van der Waals surface area contributed by atoms with Crippen LogP contribution < -0.4 is 0 Å². The monoisotopic (exact) mass is 333 g/mol. The van der Waals surface area contributed by atoms with Crippen molar-refractivity contribution in [2.75, 3.05) is 26.2 Å². The van der Waals surface area contributed by atoms with Gasteiger partial charge in [-0.05, 0) is 12.8 Å². The van der Waals surface area contributed by atoms with Crippen molar-refractivity contribution < 1.29 is 30.6 Å². The van der Waals surface area contributed by atoms with Gasteiger partial charge in [-0.2, -0.15) is 13.2 Å². The molecule has 8 heteroatoms. The molecule has 0 unspecified atom stereocenters. The minimum absolute atomic E-state index is 1.37. The lowest BCUT2D eigenvalue weighted by atomic mass is 10.2. The molecule has 1 aliphatic rings. The molecule has 0 aromatic carbocycles. The van der Waals surface area contributed by atoms with E-state index in [9.17, 15) is 13.2 Å². The minimum Gasteiger partial charge on any atom is -0.741 e. The average molecular weight is 333 g/mol. The quantitative estimate of drug-likeness (QED) is 0.426. The highest BCUT2D eigenvalue weighted by Crippen LogP contribution is 2.21. The van der Waals surface area contributed by atoms with Crippen molar-refractivity contribution in [2.45, 2.75) is 57.9 Å². The van der Waals surface area contributed by atoms with E-state index in [2.05, 4.69) is 13.8 Å². The Hall–Kier alpha value is -0.340. The number of rotatable bonds is 6. The number of nitrogens with zero attached hydrogens (tertiary/aromatic N) is 1. The third kappa shape index (κ3) is 8.01. The van der Waals surface area contributed by atoms with Crippen molar-refractivity contribution in [1.29, 1.82) is 0 Å². The maximum atomic E-state index is 10.7. The molecule has 21 heavy (non-hydrogen) atoms. The van der Waals surface area contributed by atoms with E-state index in [0.717, 1.165) is 0 Å². The molecule has 0 spiro atoms. The zero-order valence-electron chi connectivity index (χ0n) is 12.8. The Morgan fingerprint density at radius 1 is 1.00 bits per heavy atom. The summed E-state index contributed by atoms with van der Waals surface area (Å²) in [7, 11) is -6.09. The maximum absolute atomic E-state index is 10.7. The topological polar surface area (TPSA) is 57.2 Å². The molecule has 0 N–H and O–H groups in total. The minimum atomic E-state index is -6.09. The predicted molar refractivity (Wildman–Crippen MR) is 74.5 cm³/mol. The first kappa shape index (κ1) is 20.7. The van der Waals surface area contributed by atoms with Crippen molar-refractivity contribution in [3.05, 3.63) is 0 Å². The highest BCUT2D eigenvalue weighted by atomic mass is 32.2. The first-order valence-corrected chi connectivity index (χ1v) is 8.86. The standard InChI is InChI=1S/C12H26N.CHF3O3S/c1-3-5-9-13(10-6-4-2)11-7-8-12-13;2-1(3,4)8(5,6)7/h3-12H2,1-2H3;(H,5,6,7)/q+1;/p-1. The zero-order chi connectivity index (χ0) is 16.6. The number of hydrogen-bond acceptors (Lipinski definition) is 3. The van der Waals surface area contributed by atoms with Gasteiger partial charge in [-0.1, -0.05) is 26.7 Å². The Bertz CT molecular complexity index is 367. The number of halogens is 3. The lowest BCUT2D eigenvalue weighted by Crippen LogP contribution is -2.46. The Morgan fingerprint density at radius 3 is 1.57 bits per heavy atom. The summed E-state index contributed by atoms with van der Waals surface area (Å²) in [6, 6.07) is 0. The molecule has 0 amide bonds. The lowest BCUT2D eigenvalue weighted by Gasteiger charge is -2.34. The molecule has 1 rings (SSSR count). The number of hydrogen-bond donors (Lipinski definition) is 0. The van der Waals surface area contributed by atoms with Gasteiger partial charge in [-0.25, -0.2) is 8.42 Å². The summed E-state index contributed by atoms with van der Waals surface area (Å²) in [4.78, 5) is 0. The summed E-state index contributed by atoms with van der Waals surface area (Å²) < 4.78 is 60.4. The summed E-state index contributed by atoms with van der Waals surface area (Å²) in [5.41, 5.74) is -5.65. The smallest absolute Gasteiger partial charge is 0.485 e. The molecule has 128 valence electrons. The van der Waals surface area contributed by atoms with Crippen LogP contribution in [0.5, 0.6) is 0 Å². The molecule has 0 radical (unpaired) electrons. The molecule has 0 aliphatic carbocycles. The zero-order valence-corrected chi connectivity index (χ0v) is 13.6. The van der Waals surface area contributed by atoms with Crippen LogP contribution in [0.25, 0.3) is 0 Å². The molecule has 0 atom stereocenters. The van der Waals surface area contributed by atoms with Gasteiger partial charge in [0.25, 0.3) is 0 Å². The van der Waals surface area contributed by atoms with E-state index in [4.69, 9.17) is 13.0 Å². The van der Waals surface area contributed by atoms with E-state index in [-0.39, 0.29) is 0 Å². The van der Waals surface area contributed by atoms with Crippen LogP contribution in [-0.4, -0.2) is 49.1 Å². The van der Waals surface area contributed by atoms with E-state index in [1.165, 1.54) is 69.2 Å². The largest absolute Gasteiger partial charge is 0.741 e. The van der Waals surface area contributed by atoms with Crippen molar-refractivity contribution in [2.24, 2.45) is 0 Å². The Morgan fingerprint density at radius 2 is 1.33 bits per heavy atom. The third-order valence-corrected chi connectivity index (χ3v) is 4.34. The van der Waals surface area contributed by atoms with Crippen molar-refractivity contribution in [3.8, 4) is 0 Å². The third-order valence-electron chi connectivity index (χ3n) is 3.77. The van der Waals surface area contributed by atoms with E-state index in [1.807, 2.05) is 0 Å². The fourth-order valence-electron chi connectivity index (χ4n) is 2.55. The second-order valence-corrected chi connectivity index (χ2v) is 6.92. The molecule has 1 saturated heterocycles. The molecule has 0 aromatic heterocycles. The van der Waals surface area contributed by atoms with Crippen LogP contribution in [-0.2, 0) is 10.1 Å². The molecular weight excluding hydrogens is 307 g/mol. The maximum Gasteiger partial charge on any atom is 0.485 e. The molecule has 4 nitrogen and oxygen atoms in total. The molecular formula is C13H26F3NO3S. The molecule has 0 bridgehead atoms. The molecule has 1 fully saturated rings. The van der Waals surface area contributed by atoms with Gasteiger partial charge >= 0.3 is 5.51 Å². The van der Waals surface area contributed by atoms with Gasteiger partial charge in [0, 0.05) is 12.8 Å². The number of quaternary nitrogens is 1. The number of alkyl halides is 3. The SMILES string of the molecule is CCCC[N+]1(CCCC)CCCC1.O=S(=O)([O-])C(F)(F)F. The van der Waals surface area contributed by atoms with Crippen LogP contribution in [0.4, 0.5) is 13.2 Å². The summed E-state index contributed by atoms with van der Waals surface area (Å²) in [5.74, 6) is 0. The van der Waals surface area contributed by atoms with Crippen LogP contribution in [0, 0.1) is 0 Å². The number of unbranched alkanes of at least 4 members (excludes halogenated alkanes) is 2. The normalized spacial score (nSPS) is 18.2. The fraction of sp³-hybridized carbons (Fsp3) is 1.00. The lowest BCUT2D eigenvalue weighted by molar-refractivity contribution is -0.917. The molecule has 1 heterocycles. The summed E-state index contributed by atoms with van der Waals surface area (Å²) in [6.07, 6.45) is 8.56. The van der Waals surface area contributed by atoms with Crippen LogP contribution in [0.2, 0.25) is 0 Å². The Kier molecular flexibility index (Phi) is 8.80. The summed E-state index contributed by atoms with van der Waals surface area (Å²) in [6.45, 7) is 10.5. The van der Waals surface area contributed by atoms with Crippen molar-refractivity contribution in [3.63, 3.8) is 0 Å². The first-order valence-electron chi connectivity index (χ1n) is 7.45. The van der Waals surface area contributed by atoms with Gasteiger partial charge in [0.2, 0.25) is 0 Å². The Balaban J connectivity index is 0.000000433. The van der Waals surface area contributed by atoms with E-state index in [0.29, 0.717) is 0 Å². The first-order chi connectivity index (χ1) is 9.58. The second-order valence-electron chi connectivity index (χ2n) is 5.55. The predicted octanol–water partition coefficient (Wildman–Crippen LogP) is 3.25. The fourth-order valence-corrected chi connectivity index (χ4v) is 2.55. The van der Waals surface area contributed by atoms with E-state index < -0.39 is 15.6 Å². The molecule has 1 aliphatic heterocycles. The van der Waals surface area contributed by atoms with Crippen molar-refractivity contribution in [1.82, 2.24) is 0 Å². The van der Waals surface area contributed by atoms with Gasteiger partial charge in [-0.3, -0.25) is 0 Å². The van der Waals surface area contributed by atoms with Gasteiger partial charge in [0.1, 0.15) is 0 Å². The van der Waals surface area contributed by atoms with Crippen molar-refractivity contribution >= 4 is 10.1 Å². The van der Waals surface area contributed by atoms with Crippen LogP contribution in [0.1, 0.15) is 52.4 Å². The molecule has 0 saturated carbocycles. The van der Waals surface area contributed by atoms with Crippen LogP contribution >= 0.6 is 0 Å².